The molecular weight excluding hydrogens is 264 g/mol. The van der Waals surface area contributed by atoms with Gasteiger partial charge in [-0.15, -0.1) is 0 Å². The monoisotopic (exact) mass is 290 g/mol. The Morgan fingerprint density at radius 1 is 1.05 bits per heavy atom. The van der Waals surface area contributed by atoms with Gasteiger partial charge in [0.15, 0.2) is 5.82 Å². The molecule has 5 heteroatoms. The van der Waals surface area contributed by atoms with Gasteiger partial charge in [0.2, 0.25) is 5.95 Å². The van der Waals surface area contributed by atoms with Gasteiger partial charge in [-0.1, -0.05) is 32.1 Å². The van der Waals surface area contributed by atoms with Crippen molar-refractivity contribution in [1.82, 2.24) is 15.0 Å². The molecule has 1 aromatic heterocycles. The molecule has 2 saturated carbocycles. The number of nitrogen functional groups attached to an aromatic ring is 1. The third kappa shape index (κ3) is 3.03. The van der Waals surface area contributed by atoms with Crippen LogP contribution >= 0.6 is 0 Å². The number of hydrogen-bond acceptors (Lipinski definition) is 5. The third-order valence-corrected chi connectivity index (χ3v) is 4.88. The van der Waals surface area contributed by atoms with Crippen molar-refractivity contribution in [3.8, 4) is 0 Å². The lowest BCUT2D eigenvalue weighted by atomic mass is 9.83. The molecule has 0 amide bonds. The summed E-state index contributed by atoms with van der Waals surface area (Å²) >= 11 is 0. The zero-order valence-electron chi connectivity index (χ0n) is 13.0. The molecule has 0 aliphatic heterocycles. The minimum absolute atomic E-state index is 0.336. The third-order valence-electron chi connectivity index (χ3n) is 4.88. The summed E-state index contributed by atoms with van der Waals surface area (Å²) in [5.41, 5.74) is 5.64. The van der Waals surface area contributed by atoms with Crippen molar-refractivity contribution in [2.45, 2.75) is 76.2 Å². The van der Waals surface area contributed by atoms with E-state index in [4.69, 9.17) is 15.5 Å². The Morgan fingerprint density at radius 3 is 2.43 bits per heavy atom. The van der Waals surface area contributed by atoms with Crippen LogP contribution in [-0.4, -0.2) is 21.6 Å². The highest BCUT2D eigenvalue weighted by atomic mass is 16.5. The highest BCUT2D eigenvalue weighted by Gasteiger charge is 2.38. The van der Waals surface area contributed by atoms with E-state index in [1.807, 2.05) is 6.92 Å². The maximum atomic E-state index is 6.12. The number of ether oxygens (including phenoxy) is 1. The Labute approximate surface area is 126 Å². The van der Waals surface area contributed by atoms with Crippen LogP contribution in [0.25, 0.3) is 0 Å². The molecule has 2 N–H and O–H groups in total. The molecular formula is C16H26N4O. The first-order valence-electron chi connectivity index (χ1n) is 8.39. The fourth-order valence-electron chi connectivity index (χ4n) is 3.81. The van der Waals surface area contributed by atoms with Crippen LogP contribution in [0.15, 0.2) is 0 Å². The zero-order chi connectivity index (χ0) is 14.7. The van der Waals surface area contributed by atoms with Gasteiger partial charge in [0.05, 0.1) is 0 Å². The molecule has 1 heterocycles. The second kappa shape index (κ2) is 6.26. The van der Waals surface area contributed by atoms with E-state index < -0.39 is 0 Å². The number of nitrogens with zero attached hydrogens (tertiary/aromatic N) is 3. The predicted octanol–water partition coefficient (Wildman–Crippen LogP) is 3.31. The molecule has 21 heavy (non-hydrogen) atoms. The van der Waals surface area contributed by atoms with Gasteiger partial charge in [0, 0.05) is 12.5 Å². The first-order chi connectivity index (χ1) is 10.2. The summed E-state index contributed by atoms with van der Waals surface area (Å²) < 4.78 is 6.12. The Bertz CT molecular complexity index is 474. The van der Waals surface area contributed by atoms with Crippen molar-refractivity contribution in [1.29, 1.82) is 0 Å². The van der Waals surface area contributed by atoms with Gasteiger partial charge in [-0.25, -0.2) is 4.98 Å². The average molecular weight is 290 g/mol. The van der Waals surface area contributed by atoms with Crippen LogP contribution in [-0.2, 0) is 10.3 Å². The number of aromatic nitrogens is 3. The smallest absolute Gasteiger partial charge is 0.223 e. The van der Waals surface area contributed by atoms with Gasteiger partial charge in [0.1, 0.15) is 11.4 Å². The van der Waals surface area contributed by atoms with E-state index in [9.17, 15) is 0 Å². The fourth-order valence-corrected chi connectivity index (χ4v) is 3.81. The van der Waals surface area contributed by atoms with Crippen molar-refractivity contribution in [3.63, 3.8) is 0 Å². The lowest BCUT2D eigenvalue weighted by molar-refractivity contribution is -0.0769. The van der Waals surface area contributed by atoms with Crippen LogP contribution in [0.5, 0.6) is 0 Å². The van der Waals surface area contributed by atoms with Crippen LogP contribution in [0.1, 0.15) is 82.3 Å². The first-order valence-corrected chi connectivity index (χ1v) is 8.39. The average Bonchev–Trinajstić information content (AvgIpc) is 3.02. The molecule has 0 saturated heterocycles. The summed E-state index contributed by atoms with van der Waals surface area (Å²) in [6.07, 6.45) is 10.5. The summed E-state index contributed by atoms with van der Waals surface area (Å²) in [7, 11) is 0. The van der Waals surface area contributed by atoms with Crippen molar-refractivity contribution in [2.75, 3.05) is 12.3 Å². The molecule has 116 valence electrons. The summed E-state index contributed by atoms with van der Waals surface area (Å²) in [4.78, 5) is 13.7. The van der Waals surface area contributed by atoms with Gasteiger partial charge < -0.3 is 10.5 Å². The normalized spacial score (nSPS) is 22.5. The minimum Gasteiger partial charge on any atom is -0.368 e. The second-order valence-corrected chi connectivity index (χ2v) is 6.34. The topological polar surface area (TPSA) is 73.9 Å². The largest absolute Gasteiger partial charge is 0.368 e. The zero-order valence-corrected chi connectivity index (χ0v) is 13.0. The fraction of sp³-hybridized carbons (Fsp3) is 0.812. The van der Waals surface area contributed by atoms with Crippen LogP contribution < -0.4 is 5.73 Å². The SMILES string of the molecule is CCOC1(c2nc(N)nc(C3CCCC3)n2)CCCCC1. The van der Waals surface area contributed by atoms with E-state index in [2.05, 4.69) is 9.97 Å². The molecule has 0 unspecified atom stereocenters. The molecule has 2 aliphatic carbocycles. The maximum Gasteiger partial charge on any atom is 0.223 e. The summed E-state index contributed by atoms with van der Waals surface area (Å²) in [5.74, 6) is 2.47. The van der Waals surface area contributed by atoms with Gasteiger partial charge in [-0.05, 0) is 32.6 Å². The second-order valence-electron chi connectivity index (χ2n) is 6.34. The van der Waals surface area contributed by atoms with Gasteiger partial charge in [0.25, 0.3) is 0 Å². The lowest BCUT2D eigenvalue weighted by Gasteiger charge is -2.35. The molecule has 0 aromatic carbocycles. The van der Waals surface area contributed by atoms with Gasteiger partial charge in [-0.3, -0.25) is 0 Å². The summed E-state index contributed by atoms with van der Waals surface area (Å²) in [5, 5.41) is 0. The Morgan fingerprint density at radius 2 is 1.76 bits per heavy atom. The Hall–Kier alpha value is -1.23. The Balaban J connectivity index is 1.94. The van der Waals surface area contributed by atoms with E-state index in [1.54, 1.807) is 0 Å². The molecule has 0 radical (unpaired) electrons. The van der Waals surface area contributed by atoms with E-state index in [-0.39, 0.29) is 5.60 Å². The number of hydrogen-bond donors (Lipinski definition) is 1. The van der Waals surface area contributed by atoms with Crippen LogP contribution in [0.3, 0.4) is 0 Å². The summed E-state index contributed by atoms with van der Waals surface area (Å²) in [6.45, 7) is 2.73. The molecule has 5 nitrogen and oxygen atoms in total. The summed E-state index contributed by atoms with van der Waals surface area (Å²) in [6, 6.07) is 0. The predicted molar refractivity (Wildman–Crippen MR) is 81.8 cm³/mol. The highest BCUT2D eigenvalue weighted by molar-refractivity contribution is 5.21. The standard InChI is InChI=1S/C16H26N4O/c1-2-21-16(10-6-3-7-11-16)14-18-13(19-15(17)20-14)12-8-4-5-9-12/h12H,2-11H2,1H3,(H2,17,18,19,20). The van der Waals surface area contributed by atoms with Crippen molar-refractivity contribution in [3.05, 3.63) is 11.6 Å². The number of nitrogens with two attached hydrogens (primary N) is 1. The number of anilines is 1. The van der Waals surface area contributed by atoms with Crippen LogP contribution in [0.2, 0.25) is 0 Å². The van der Waals surface area contributed by atoms with Crippen molar-refractivity contribution >= 4 is 5.95 Å². The van der Waals surface area contributed by atoms with E-state index in [0.29, 0.717) is 18.5 Å². The van der Waals surface area contributed by atoms with Crippen LogP contribution in [0.4, 0.5) is 5.95 Å². The highest BCUT2D eigenvalue weighted by Crippen LogP contribution is 2.40. The first kappa shape index (κ1) is 14.7. The molecule has 1 aromatic rings. The van der Waals surface area contributed by atoms with Crippen LogP contribution in [0, 0.1) is 0 Å². The molecule has 0 spiro atoms. The number of rotatable bonds is 4. The van der Waals surface area contributed by atoms with Gasteiger partial charge >= 0.3 is 0 Å². The quantitative estimate of drug-likeness (QED) is 0.921. The Kier molecular flexibility index (Phi) is 4.38. The lowest BCUT2D eigenvalue weighted by Crippen LogP contribution is -2.35. The molecule has 2 aliphatic rings. The van der Waals surface area contributed by atoms with E-state index in [0.717, 1.165) is 24.5 Å². The van der Waals surface area contributed by atoms with E-state index in [1.165, 1.54) is 44.9 Å². The maximum absolute atomic E-state index is 6.12. The molecule has 0 atom stereocenters. The van der Waals surface area contributed by atoms with Crippen molar-refractivity contribution in [2.24, 2.45) is 0 Å². The van der Waals surface area contributed by atoms with E-state index >= 15 is 0 Å². The van der Waals surface area contributed by atoms with Crippen molar-refractivity contribution < 1.29 is 4.74 Å². The molecule has 3 rings (SSSR count). The molecule has 2 fully saturated rings. The molecule has 0 bridgehead atoms. The minimum atomic E-state index is -0.336. The van der Waals surface area contributed by atoms with Gasteiger partial charge in [-0.2, -0.15) is 9.97 Å².